The fourth-order valence-corrected chi connectivity index (χ4v) is 6.35. The Morgan fingerprint density at radius 1 is 1.22 bits per heavy atom. The Balaban J connectivity index is 1.29. The lowest BCUT2D eigenvalue weighted by Gasteiger charge is -2.40. The van der Waals surface area contributed by atoms with Crippen molar-refractivity contribution >= 4 is 11.9 Å². The molecule has 2 aromatic rings. The maximum atomic E-state index is 11.8. The molecule has 10 nitrogen and oxygen atoms in total. The van der Waals surface area contributed by atoms with Gasteiger partial charge in [0.05, 0.1) is 24.2 Å². The number of piperazine rings is 1. The molecule has 0 spiro atoms. The van der Waals surface area contributed by atoms with Gasteiger partial charge in [-0.1, -0.05) is 24.3 Å². The van der Waals surface area contributed by atoms with E-state index in [0.717, 1.165) is 62.4 Å². The number of nitrogens with zero attached hydrogens (tertiary/aromatic N) is 6. The van der Waals surface area contributed by atoms with Crippen LogP contribution in [0.1, 0.15) is 54.1 Å². The molecule has 3 atom stereocenters. The summed E-state index contributed by atoms with van der Waals surface area (Å²) in [6.07, 6.45) is 3.58. The number of rotatable bonds is 6. The van der Waals surface area contributed by atoms with Crippen molar-refractivity contribution in [1.82, 2.24) is 25.1 Å². The largest absolute Gasteiger partial charge is 0.465 e. The van der Waals surface area contributed by atoms with Crippen molar-refractivity contribution in [1.29, 1.82) is 5.26 Å². The van der Waals surface area contributed by atoms with Crippen molar-refractivity contribution in [3.05, 3.63) is 46.6 Å². The molecule has 0 bridgehead atoms. The number of nitrogens with one attached hydrogen (secondary N) is 1. The van der Waals surface area contributed by atoms with Gasteiger partial charge in [-0.15, -0.1) is 0 Å². The van der Waals surface area contributed by atoms with Crippen LogP contribution in [0, 0.1) is 11.3 Å². The van der Waals surface area contributed by atoms with Gasteiger partial charge in [0.25, 0.3) is 0 Å². The van der Waals surface area contributed by atoms with Crippen molar-refractivity contribution in [2.75, 3.05) is 37.7 Å². The first-order valence-corrected chi connectivity index (χ1v) is 13.3. The Labute approximate surface area is 216 Å². The van der Waals surface area contributed by atoms with E-state index in [0.29, 0.717) is 44.3 Å². The summed E-state index contributed by atoms with van der Waals surface area (Å²) in [7, 11) is 0. The first-order valence-electron chi connectivity index (χ1n) is 13.3. The summed E-state index contributed by atoms with van der Waals surface area (Å²) in [5, 5.41) is 22.4. The van der Waals surface area contributed by atoms with Crippen molar-refractivity contribution in [2.45, 2.75) is 63.3 Å². The highest BCUT2D eigenvalue weighted by atomic mass is 16.5. The fourth-order valence-electron chi connectivity index (χ4n) is 6.35. The smallest absolute Gasteiger partial charge is 0.407 e. The molecule has 194 valence electrons. The van der Waals surface area contributed by atoms with Crippen LogP contribution in [0.5, 0.6) is 6.01 Å². The molecule has 2 unspecified atom stereocenters. The quantitative estimate of drug-likeness (QED) is 0.613. The molecule has 4 heterocycles. The van der Waals surface area contributed by atoms with Crippen molar-refractivity contribution in [2.24, 2.45) is 0 Å². The summed E-state index contributed by atoms with van der Waals surface area (Å²) in [5.74, 6) is 0.821. The van der Waals surface area contributed by atoms with Crippen LogP contribution in [0.15, 0.2) is 24.3 Å². The van der Waals surface area contributed by atoms with Crippen LogP contribution in [0.25, 0.3) is 0 Å². The van der Waals surface area contributed by atoms with Crippen LogP contribution in [-0.2, 0) is 19.5 Å². The number of aryl methyl sites for hydroxylation is 1. The minimum atomic E-state index is -0.980. The third-order valence-corrected chi connectivity index (χ3v) is 8.24. The van der Waals surface area contributed by atoms with E-state index in [4.69, 9.17) is 14.7 Å². The predicted molar refractivity (Wildman–Crippen MR) is 136 cm³/mol. The zero-order valence-electron chi connectivity index (χ0n) is 21.0. The lowest BCUT2D eigenvalue weighted by molar-refractivity contribution is 0.119. The molecule has 10 heteroatoms. The van der Waals surface area contributed by atoms with E-state index in [9.17, 15) is 15.2 Å². The summed E-state index contributed by atoms with van der Waals surface area (Å²) in [4.78, 5) is 27.5. The second kappa shape index (κ2) is 10.1. The molecule has 2 N–H and O–H groups in total. The maximum absolute atomic E-state index is 11.8. The number of aromatic nitrogens is 2. The monoisotopic (exact) mass is 503 g/mol. The molecule has 1 aromatic carbocycles. The lowest BCUT2D eigenvalue weighted by atomic mass is 10.1. The number of anilines is 1. The number of hydrogen-bond donors (Lipinski definition) is 2. The van der Waals surface area contributed by atoms with Gasteiger partial charge in [-0.25, -0.2) is 4.79 Å². The molecule has 4 aliphatic rings. The van der Waals surface area contributed by atoms with Gasteiger partial charge in [0.2, 0.25) is 0 Å². The molecule has 0 saturated carbocycles. The molecule has 1 aliphatic carbocycles. The number of carbonyl (C=O) groups is 1. The van der Waals surface area contributed by atoms with Gasteiger partial charge in [-0.05, 0) is 43.4 Å². The summed E-state index contributed by atoms with van der Waals surface area (Å²) in [5.41, 5.74) is 4.90. The van der Waals surface area contributed by atoms with Crippen LogP contribution < -0.4 is 15.0 Å². The van der Waals surface area contributed by atoms with E-state index >= 15 is 0 Å². The van der Waals surface area contributed by atoms with E-state index in [1.807, 2.05) is 0 Å². The van der Waals surface area contributed by atoms with E-state index < -0.39 is 12.1 Å². The third-order valence-electron chi connectivity index (χ3n) is 8.24. The summed E-state index contributed by atoms with van der Waals surface area (Å²) >= 11 is 0. The fraction of sp³-hybridized carbons (Fsp3) is 0.556. The number of ether oxygens (including phenoxy) is 1. The highest BCUT2D eigenvalue weighted by Gasteiger charge is 2.37. The van der Waals surface area contributed by atoms with Crippen LogP contribution in [-0.4, -0.2) is 75.8 Å². The van der Waals surface area contributed by atoms with Gasteiger partial charge < -0.3 is 25.0 Å². The van der Waals surface area contributed by atoms with Crippen LogP contribution >= 0.6 is 0 Å². The number of benzene rings is 1. The molecular weight excluding hydrogens is 470 g/mol. The van der Waals surface area contributed by atoms with E-state index in [-0.39, 0.29) is 6.42 Å². The molecule has 3 aliphatic heterocycles. The summed E-state index contributed by atoms with van der Waals surface area (Å²) < 4.78 is 6.11. The Morgan fingerprint density at radius 2 is 2.11 bits per heavy atom. The zero-order valence-corrected chi connectivity index (χ0v) is 21.0. The van der Waals surface area contributed by atoms with Gasteiger partial charge in [-0.2, -0.15) is 15.2 Å². The second-order valence-corrected chi connectivity index (χ2v) is 10.5. The molecule has 37 heavy (non-hydrogen) atoms. The van der Waals surface area contributed by atoms with Gasteiger partial charge >= 0.3 is 12.1 Å². The van der Waals surface area contributed by atoms with Gasteiger partial charge in [0.15, 0.2) is 0 Å². The minimum absolute atomic E-state index is 0.151. The van der Waals surface area contributed by atoms with E-state index in [1.54, 1.807) is 0 Å². The molecule has 0 radical (unpaired) electrons. The average molecular weight is 504 g/mol. The van der Waals surface area contributed by atoms with Gasteiger partial charge in [0, 0.05) is 50.4 Å². The standard InChI is InChI=1S/C27H33N7O3/c28-10-9-20-14-32(12-13-34(20)27(35)36)25-22-15-33(24-8-7-18-4-1-2-6-21(18)24)16-23(22)30-26(31-25)37-17-19-5-3-11-29-19/h1-2,4,6,19-20,24,29H,3,5,7-9,11-17H2,(H,35,36)/t19?,20-,24?/m0/s1. The SMILES string of the molecule is N#CC[C@H]1CN(c2nc(OCC3CCCN3)nc3c2CN(C2CCc4ccccc42)C3)CCN1C(=O)O. The van der Waals surface area contributed by atoms with Crippen molar-refractivity contribution in [3.63, 3.8) is 0 Å². The van der Waals surface area contributed by atoms with Crippen LogP contribution in [0.4, 0.5) is 10.6 Å². The number of carboxylic acid groups (broad SMARTS) is 1. The highest BCUT2D eigenvalue weighted by molar-refractivity contribution is 5.66. The Kier molecular flexibility index (Phi) is 6.57. The first-order chi connectivity index (χ1) is 18.1. The average Bonchev–Trinajstić information content (AvgIpc) is 3.66. The normalized spacial score (nSPS) is 25.1. The number of fused-ring (bicyclic) bond motifs is 2. The van der Waals surface area contributed by atoms with Crippen LogP contribution in [0.2, 0.25) is 0 Å². The van der Waals surface area contributed by atoms with Crippen LogP contribution in [0.3, 0.4) is 0 Å². The topological polar surface area (TPSA) is 118 Å². The third kappa shape index (κ3) is 4.69. The maximum Gasteiger partial charge on any atom is 0.407 e. The summed E-state index contributed by atoms with van der Waals surface area (Å²) in [6, 6.07) is 11.5. The van der Waals surface area contributed by atoms with E-state index in [1.165, 1.54) is 16.0 Å². The van der Waals surface area contributed by atoms with Crippen molar-refractivity contribution in [3.8, 4) is 12.1 Å². The Morgan fingerprint density at radius 3 is 2.92 bits per heavy atom. The van der Waals surface area contributed by atoms with Gasteiger partial charge in [0.1, 0.15) is 12.4 Å². The van der Waals surface area contributed by atoms with E-state index in [2.05, 4.69) is 45.5 Å². The molecule has 2 fully saturated rings. The van der Waals surface area contributed by atoms with Gasteiger partial charge in [-0.3, -0.25) is 4.90 Å². The number of amides is 1. The Hall–Kier alpha value is -3.42. The predicted octanol–water partition coefficient (Wildman–Crippen LogP) is 2.69. The lowest BCUT2D eigenvalue weighted by Crippen LogP contribution is -2.55. The number of hydrogen-bond acceptors (Lipinski definition) is 8. The second-order valence-electron chi connectivity index (χ2n) is 10.5. The summed E-state index contributed by atoms with van der Waals surface area (Å²) in [6.45, 7) is 4.31. The first kappa shape index (κ1) is 23.9. The minimum Gasteiger partial charge on any atom is -0.465 e. The zero-order chi connectivity index (χ0) is 25.4. The number of nitriles is 1. The molecule has 1 aromatic heterocycles. The molecule has 6 rings (SSSR count). The molecule has 2 saturated heterocycles. The highest BCUT2D eigenvalue weighted by Crippen LogP contribution is 2.42. The Bertz CT molecular complexity index is 1210. The van der Waals surface area contributed by atoms with Crippen molar-refractivity contribution < 1.29 is 14.6 Å². The molecular formula is C27H33N7O3. The molecule has 1 amide bonds.